The molecule has 8 nitrogen and oxygen atoms in total. The summed E-state index contributed by atoms with van der Waals surface area (Å²) in [4.78, 5) is 38.9. The van der Waals surface area contributed by atoms with Crippen LogP contribution in [0.25, 0.3) is 16.8 Å². The summed E-state index contributed by atoms with van der Waals surface area (Å²) in [5.41, 5.74) is 3.24. The number of urea groups is 1. The van der Waals surface area contributed by atoms with Crippen molar-refractivity contribution in [3.63, 3.8) is 0 Å². The second-order valence-electron chi connectivity index (χ2n) is 9.53. The van der Waals surface area contributed by atoms with Crippen LogP contribution in [0.4, 0.5) is 10.5 Å². The average molecular weight is 614 g/mol. The summed E-state index contributed by atoms with van der Waals surface area (Å²) in [6.45, 7) is 4.09. The minimum absolute atomic E-state index is 0.0533. The Morgan fingerprint density at radius 1 is 0.976 bits per heavy atom. The van der Waals surface area contributed by atoms with Crippen LogP contribution in [0.5, 0.6) is 11.5 Å². The van der Waals surface area contributed by atoms with E-state index in [0.29, 0.717) is 40.4 Å². The summed E-state index contributed by atoms with van der Waals surface area (Å²) in [6.07, 6.45) is 1.54. The number of carbonyl (C=O) groups is 3. The van der Waals surface area contributed by atoms with Crippen molar-refractivity contribution in [2.75, 3.05) is 18.5 Å². The van der Waals surface area contributed by atoms with E-state index in [0.717, 1.165) is 26.8 Å². The first-order valence-electron chi connectivity index (χ1n) is 13.1. The van der Waals surface area contributed by atoms with Gasteiger partial charge in [0.25, 0.3) is 5.91 Å². The monoisotopic (exact) mass is 613 g/mol. The van der Waals surface area contributed by atoms with Crippen LogP contribution in [-0.2, 0) is 16.2 Å². The average Bonchev–Trinajstić information content (AvgIpc) is 3.19. The normalized spacial score (nSPS) is 13.9. The molecule has 41 heavy (non-hydrogen) atoms. The van der Waals surface area contributed by atoms with E-state index in [4.69, 9.17) is 9.47 Å². The highest BCUT2D eigenvalue weighted by Gasteiger charge is 2.35. The molecule has 5 rings (SSSR count). The molecule has 0 aliphatic carbocycles. The zero-order valence-corrected chi connectivity index (χ0v) is 24.2. The van der Waals surface area contributed by atoms with Gasteiger partial charge in [-0.05, 0) is 93.6 Å². The van der Waals surface area contributed by atoms with Gasteiger partial charge in [-0.1, -0.05) is 48.5 Å². The number of rotatable bonds is 9. The van der Waals surface area contributed by atoms with Gasteiger partial charge in [-0.25, -0.2) is 9.69 Å². The van der Waals surface area contributed by atoms with Crippen LogP contribution < -0.4 is 20.1 Å². The second kappa shape index (κ2) is 12.3. The molecular weight excluding hydrogens is 586 g/mol. The molecule has 1 heterocycles. The van der Waals surface area contributed by atoms with Crippen molar-refractivity contribution in [1.82, 2.24) is 10.2 Å². The molecule has 0 aromatic heterocycles. The topological polar surface area (TPSA) is 97.0 Å². The lowest BCUT2D eigenvalue weighted by molar-refractivity contribution is -0.127. The molecule has 4 aromatic rings. The molecule has 4 amide bonds. The fraction of sp³-hybridized carbons (Fsp3) is 0.156. The quantitative estimate of drug-likeness (QED) is 0.168. The van der Waals surface area contributed by atoms with Gasteiger partial charge >= 0.3 is 6.03 Å². The number of aryl methyl sites for hydroxylation is 1. The number of fused-ring (bicyclic) bond motifs is 1. The van der Waals surface area contributed by atoms with Crippen molar-refractivity contribution in [3.05, 3.63) is 106 Å². The van der Waals surface area contributed by atoms with Crippen LogP contribution in [-0.4, -0.2) is 35.9 Å². The Balaban J connectivity index is 1.30. The SMILES string of the molecule is CCOc1cc(/C=C2/NC(=O)N(CC(=O)Nc3cccc(C)c3)C2=O)cc(Br)c1OCc1ccc2ccccc2c1. The molecule has 2 N–H and O–H groups in total. The Hall–Kier alpha value is -4.63. The number of benzene rings is 4. The summed E-state index contributed by atoms with van der Waals surface area (Å²) in [6, 6.07) is 24.4. The first-order valence-corrected chi connectivity index (χ1v) is 13.9. The maximum atomic E-state index is 13.0. The maximum absolute atomic E-state index is 13.0. The summed E-state index contributed by atoms with van der Waals surface area (Å²) in [7, 11) is 0. The minimum Gasteiger partial charge on any atom is -0.490 e. The van der Waals surface area contributed by atoms with Gasteiger partial charge in [-0.2, -0.15) is 0 Å². The van der Waals surface area contributed by atoms with E-state index in [1.54, 1.807) is 30.3 Å². The fourth-order valence-corrected chi connectivity index (χ4v) is 5.08. The van der Waals surface area contributed by atoms with Crippen molar-refractivity contribution < 1.29 is 23.9 Å². The van der Waals surface area contributed by atoms with E-state index in [1.165, 1.54) is 0 Å². The highest BCUT2D eigenvalue weighted by atomic mass is 79.9. The van der Waals surface area contributed by atoms with Crippen molar-refractivity contribution in [3.8, 4) is 11.5 Å². The van der Waals surface area contributed by atoms with Gasteiger partial charge in [-0.15, -0.1) is 0 Å². The van der Waals surface area contributed by atoms with Crippen molar-refractivity contribution >= 4 is 56.3 Å². The van der Waals surface area contributed by atoms with Crippen LogP contribution in [0.15, 0.2) is 89.0 Å². The fourth-order valence-electron chi connectivity index (χ4n) is 4.51. The summed E-state index contributed by atoms with van der Waals surface area (Å²) < 4.78 is 12.6. The van der Waals surface area contributed by atoms with Gasteiger partial charge in [0.15, 0.2) is 11.5 Å². The number of amides is 4. The van der Waals surface area contributed by atoms with Crippen LogP contribution in [0.3, 0.4) is 0 Å². The van der Waals surface area contributed by atoms with Crippen molar-refractivity contribution in [2.45, 2.75) is 20.5 Å². The lowest BCUT2D eigenvalue weighted by Crippen LogP contribution is -2.38. The number of hydrogen-bond donors (Lipinski definition) is 2. The molecule has 0 bridgehead atoms. The molecule has 1 saturated heterocycles. The van der Waals surface area contributed by atoms with Gasteiger partial charge in [0, 0.05) is 5.69 Å². The Kier molecular flexibility index (Phi) is 8.35. The van der Waals surface area contributed by atoms with Crippen molar-refractivity contribution in [2.24, 2.45) is 0 Å². The van der Waals surface area contributed by atoms with Crippen LogP contribution >= 0.6 is 15.9 Å². The third-order valence-corrected chi connectivity index (χ3v) is 6.99. The van der Waals surface area contributed by atoms with Crippen LogP contribution in [0, 0.1) is 6.92 Å². The Labute approximate surface area is 246 Å². The predicted molar refractivity (Wildman–Crippen MR) is 162 cm³/mol. The Morgan fingerprint density at radius 2 is 1.78 bits per heavy atom. The molecule has 0 unspecified atom stereocenters. The lowest BCUT2D eigenvalue weighted by atomic mass is 10.1. The van der Waals surface area contributed by atoms with Gasteiger partial charge in [-0.3, -0.25) is 9.59 Å². The number of halogens is 1. The lowest BCUT2D eigenvalue weighted by Gasteiger charge is -2.15. The smallest absolute Gasteiger partial charge is 0.329 e. The van der Waals surface area contributed by atoms with Crippen molar-refractivity contribution in [1.29, 1.82) is 0 Å². The van der Waals surface area contributed by atoms with E-state index in [9.17, 15) is 14.4 Å². The number of carbonyl (C=O) groups excluding carboxylic acids is 3. The Morgan fingerprint density at radius 3 is 2.56 bits per heavy atom. The molecule has 1 aliphatic heterocycles. The highest BCUT2D eigenvalue weighted by molar-refractivity contribution is 9.10. The Bertz CT molecular complexity index is 1680. The number of nitrogens with one attached hydrogen (secondary N) is 2. The molecular formula is C32H28BrN3O5. The van der Waals surface area contributed by atoms with Gasteiger partial charge in [0.2, 0.25) is 5.91 Å². The predicted octanol–water partition coefficient (Wildman–Crippen LogP) is 6.42. The first-order chi connectivity index (χ1) is 19.8. The zero-order chi connectivity index (χ0) is 28.9. The van der Waals surface area contributed by atoms with Gasteiger partial charge in [0.1, 0.15) is 18.8 Å². The van der Waals surface area contributed by atoms with E-state index in [1.807, 2.05) is 44.2 Å². The summed E-state index contributed by atoms with van der Waals surface area (Å²) in [5, 5.41) is 7.56. The van der Waals surface area contributed by atoms with E-state index in [2.05, 4.69) is 50.8 Å². The number of ether oxygens (including phenoxy) is 2. The van der Waals surface area contributed by atoms with Gasteiger partial charge in [0.05, 0.1) is 11.1 Å². The third-order valence-electron chi connectivity index (χ3n) is 6.41. The summed E-state index contributed by atoms with van der Waals surface area (Å²) in [5.74, 6) is -0.0613. The minimum atomic E-state index is -0.667. The molecule has 0 saturated carbocycles. The van der Waals surface area contributed by atoms with Crippen LogP contribution in [0.2, 0.25) is 0 Å². The molecule has 208 valence electrons. The largest absolute Gasteiger partial charge is 0.490 e. The molecule has 1 aliphatic rings. The maximum Gasteiger partial charge on any atom is 0.329 e. The third kappa shape index (κ3) is 6.58. The van der Waals surface area contributed by atoms with Crippen LogP contribution in [0.1, 0.15) is 23.6 Å². The molecule has 0 atom stereocenters. The molecule has 0 radical (unpaired) electrons. The number of hydrogen-bond acceptors (Lipinski definition) is 5. The van der Waals surface area contributed by atoms with E-state index < -0.39 is 24.4 Å². The van der Waals surface area contributed by atoms with Gasteiger partial charge < -0.3 is 20.1 Å². The molecule has 1 fully saturated rings. The molecule has 9 heteroatoms. The van der Waals surface area contributed by atoms with E-state index in [-0.39, 0.29) is 5.70 Å². The first kappa shape index (κ1) is 27.9. The zero-order valence-electron chi connectivity index (χ0n) is 22.6. The molecule has 0 spiro atoms. The second-order valence-corrected chi connectivity index (χ2v) is 10.4. The number of imide groups is 1. The molecule has 4 aromatic carbocycles. The highest BCUT2D eigenvalue weighted by Crippen LogP contribution is 2.38. The van der Waals surface area contributed by atoms with E-state index >= 15 is 0 Å². The summed E-state index contributed by atoms with van der Waals surface area (Å²) >= 11 is 3.57. The standard InChI is InChI=1S/C32H28BrN3O5/c1-3-40-28-17-22(15-26(33)30(28)41-19-21-11-12-23-8-4-5-9-24(23)14-21)16-27-31(38)36(32(39)35-27)18-29(37)34-25-10-6-7-20(2)13-25/h4-17H,3,18-19H2,1-2H3,(H,34,37)(H,35,39)/b27-16+. The number of nitrogens with zero attached hydrogens (tertiary/aromatic N) is 1. The number of anilines is 1.